The highest BCUT2D eigenvalue weighted by Gasteiger charge is 2.18. The maximum absolute atomic E-state index is 12.5. The summed E-state index contributed by atoms with van der Waals surface area (Å²) in [4.78, 5) is 12.5. The van der Waals surface area contributed by atoms with Crippen molar-refractivity contribution in [2.75, 3.05) is 21.3 Å². The molecule has 0 unspecified atom stereocenters. The third kappa shape index (κ3) is 4.19. The number of hydrogen-bond acceptors (Lipinski definition) is 4. The van der Waals surface area contributed by atoms with Gasteiger partial charge in [-0.25, -0.2) is 0 Å². The molecule has 2 aromatic carbocycles. The minimum Gasteiger partial charge on any atom is -0.493 e. The molecule has 24 heavy (non-hydrogen) atoms. The van der Waals surface area contributed by atoms with E-state index >= 15 is 0 Å². The van der Waals surface area contributed by atoms with Gasteiger partial charge in [0.05, 0.1) is 21.3 Å². The summed E-state index contributed by atoms with van der Waals surface area (Å²) in [5.74, 6) is 1.20. The topological polar surface area (TPSA) is 56.8 Å². The molecule has 0 aliphatic heterocycles. The number of methoxy groups -OCH3 is 3. The van der Waals surface area contributed by atoms with E-state index in [4.69, 9.17) is 14.2 Å². The molecule has 2 aromatic rings. The fraction of sp³-hybridized carbons (Fsp3) is 0.316. The SMILES string of the molecule is COc1cc(C(=O)N[C@@H](C)Cc2ccccc2)cc(OC)c1OC. The van der Waals surface area contributed by atoms with Crippen molar-refractivity contribution in [3.05, 3.63) is 53.6 Å². The Hall–Kier alpha value is -2.69. The molecule has 2 rings (SSSR count). The van der Waals surface area contributed by atoms with Crippen LogP contribution in [-0.4, -0.2) is 33.3 Å². The number of nitrogens with one attached hydrogen (secondary N) is 1. The van der Waals surface area contributed by atoms with Gasteiger partial charge in [-0.15, -0.1) is 0 Å². The zero-order valence-corrected chi connectivity index (χ0v) is 14.5. The number of carbonyl (C=O) groups excluding carboxylic acids is 1. The fourth-order valence-electron chi connectivity index (χ4n) is 2.54. The van der Waals surface area contributed by atoms with Crippen molar-refractivity contribution in [1.82, 2.24) is 5.32 Å². The van der Waals surface area contributed by atoms with E-state index in [9.17, 15) is 4.79 Å². The Morgan fingerprint density at radius 3 is 2.08 bits per heavy atom. The van der Waals surface area contributed by atoms with Gasteiger partial charge in [0.15, 0.2) is 11.5 Å². The smallest absolute Gasteiger partial charge is 0.251 e. The molecule has 0 spiro atoms. The standard InChI is InChI=1S/C19H23NO4/c1-13(10-14-8-6-5-7-9-14)20-19(21)15-11-16(22-2)18(24-4)17(12-15)23-3/h5-9,11-13H,10H2,1-4H3,(H,20,21)/t13-/m0/s1. The van der Waals surface area contributed by atoms with Gasteiger partial charge >= 0.3 is 0 Å². The van der Waals surface area contributed by atoms with E-state index in [1.165, 1.54) is 26.9 Å². The molecule has 5 nitrogen and oxygen atoms in total. The van der Waals surface area contributed by atoms with Crippen molar-refractivity contribution in [2.45, 2.75) is 19.4 Å². The van der Waals surface area contributed by atoms with E-state index < -0.39 is 0 Å². The van der Waals surface area contributed by atoms with Crippen molar-refractivity contribution in [3.63, 3.8) is 0 Å². The van der Waals surface area contributed by atoms with Gasteiger partial charge in [-0.1, -0.05) is 30.3 Å². The van der Waals surface area contributed by atoms with Crippen LogP contribution in [0.15, 0.2) is 42.5 Å². The van der Waals surface area contributed by atoms with Crippen LogP contribution in [0.25, 0.3) is 0 Å². The van der Waals surface area contributed by atoms with Gasteiger partial charge in [0.1, 0.15) is 0 Å². The lowest BCUT2D eigenvalue weighted by Crippen LogP contribution is -2.34. The van der Waals surface area contributed by atoms with Crippen LogP contribution in [0.2, 0.25) is 0 Å². The summed E-state index contributed by atoms with van der Waals surface area (Å²) in [5.41, 5.74) is 1.64. The molecule has 0 bridgehead atoms. The van der Waals surface area contributed by atoms with Gasteiger partial charge < -0.3 is 19.5 Å². The predicted molar refractivity (Wildman–Crippen MR) is 93.2 cm³/mol. The van der Waals surface area contributed by atoms with Crippen molar-refractivity contribution in [1.29, 1.82) is 0 Å². The van der Waals surface area contributed by atoms with Crippen LogP contribution in [0.3, 0.4) is 0 Å². The first-order chi connectivity index (χ1) is 11.6. The van der Waals surface area contributed by atoms with Gasteiger partial charge in [0.25, 0.3) is 5.91 Å². The molecule has 0 saturated heterocycles. The predicted octanol–water partition coefficient (Wildman–Crippen LogP) is 3.07. The molecule has 0 saturated carbocycles. The number of carbonyl (C=O) groups is 1. The van der Waals surface area contributed by atoms with E-state index in [1.54, 1.807) is 12.1 Å². The van der Waals surface area contributed by atoms with Crippen LogP contribution < -0.4 is 19.5 Å². The lowest BCUT2D eigenvalue weighted by atomic mass is 10.1. The van der Waals surface area contributed by atoms with E-state index in [-0.39, 0.29) is 11.9 Å². The number of hydrogen-bond donors (Lipinski definition) is 1. The molecule has 0 aliphatic rings. The maximum Gasteiger partial charge on any atom is 0.251 e. The largest absolute Gasteiger partial charge is 0.493 e. The van der Waals surface area contributed by atoms with Crippen LogP contribution in [0.5, 0.6) is 17.2 Å². The normalized spacial score (nSPS) is 11.5. The van der Waals surface area contributed by atoms with Crippen LogP contribution in [0, 0.1) is 0 Å². The molecule has 1 N–H and O–H groups in total. The second kappa shape index (κ2) is 8.24. The highest BCUT2D eigenvalue weighted by atomic mass is 16.5. The zero-order chi connectivity index (χ0) is 17.5. The van der Waals surface area contributed by atoms with Gasteiger partial charge in [-0.3, -0.25) is 4.79 Å². The first-order valence-electron chi connectivity index (χ1n) is 7.73. The summed E-state index contributed by atoms with van der Waals surface area (Å²) in [6.45, 7) is 1.98. The van der Waals surface area contributed by atoms with E-state index in [0.717, 1.165) is 6.42 Å². The van der Waals surface area contributed by atoms with Crippen molar-refractivity contribution in [3.8, 4) is 17.2 Å². The molecule has 5 heteroatoms. The van der Waals surface area contributed by atoms with Crippen LogP contribution >= 0.6 is 0 Å². The van der Waals surface area contributed by atoms with Crippen molar-refractivity contribution >= 4 is 5.91 Å². The molecule has 128 valence electrons. The summed E-state index contributed by atoms with van der Waals surface area (Å²) in [5, 5.41) is 2.99. The first kappa shape index (κ1) is 17.7. The Balaban J connectivity index is 2.14. The van der Waals surface area contributed by atoms with Crippen LogP contribution in [0.1, 0.15) is 22.8 Å². The lowest BCUT2D eigenvalue weighted by molar-refractivity contribution is 0.0939. The number of amides is 1. The summed E-state index contributed by atoms with van der Waals surface area (Å²) >= 11 is 0. The average molecular weight is 329 g/mol. The maximum atomic E-state index is 12.5. The highest BCUT2D eigenvalue weighted by Crippen LogP contribution is 2.38. The number of ether oxygens (including phenoxy) is 3. The summed E-state index contributed by atoms with van der Waals surface area (Å²) in [6.07, 6.45) is 0.761. The van der Waals surface area contributed by atoms with Gasteiger partial charge in [-0.2, -0.15) is 0 Å². The molecule has 0 aliphatic carbocycles. The average Bonchev–Trinajstić information content (AvgIpc) is 2.60. The monoisotopic (exact) mass is 329 g/mol. The van der Waals surface area contributed by atoms with Crippen molar-refractivity contribution in [2.24, 2.45) is 0 Å². The number of rotatable bonds is 7. The molecule has 0 fully saturated rings. The van der Waals surface area contributed by atoms with Crippen molar-refractivity contribution < 1.29 is 19.0 Å². The highest BCUT2D eigenvalue weighted by molar-refractivity contribution is 5.95. The van der Waals surface area contributed by atoms with E-state index in [1.807, 2.05) is 37.3 Å². The Bertz CT molecular complexity index is 660. The van der Waals surface area contributed by atoms with Gasteiger partial charge in [0.2, 0.25) is 5.75 Å². The second-order valence-electron chi connectivity index (χ2n) is 5.48. The minimum absolute atomic E-state index is 0.000934. The van der Waals surface area contributed by atoms with Crippen LogP contribution in [0.4, 0.5) is 0 Å². The molecule has 1 atom stereocenters. The minimum atomic E-state index is -0.183. The quantitative estimate of drug-likeness (QED) is 0.848. The van der Waals surface area contributed by atoms with Gasteiger partial charge in [-0.05, 0) is 31.0 Å². The summed E-state index contributed by atoms with van der Waals surface area (Å²) in [7, 11) is 4.58. The fourth-order valence-corrected chi connectivity index (χ4v) is 2.54. The molecular formula is C19H23NO4. The second-order valence-corrected chi connectivity index (χ2v) is 5.48. The Morgan fingerprint density at radius 2 is 1.58 bits per heavy atom. The van der Waals surface area contributed by atoms with Gasteiger partial charge in [0, 0.05) is 11.6 Å². The zero-order valence-electron chi connectivity index (χ0n) is 14.5. The molecule has 0 aromatic heterocycles. The molecular weight excluding hydrogens is 306 g/mol. The molecule has 1 amide bonds. The number of benzene rings is 2. The Kier molecular flexibility index (Phi) is 6.07. The molecule has 0 radical (unpaired) electrons. The third-order valence-electron chi connectivity index (χ3n) is 3.69. The summed E-state index contributed by atoms with van der Waals surface area (Å²) in [6, 6.07) is 13.3. The lowest BCUT2D eigenvalue weighted by Gasteiger charge is -2.17. The Morgan fingerprint density at radius 1 is 1.00 bits per heavy atom. The van der Waals surface area contributed by atoms with Crippen LogP contribution in [-0.2, 0) is 6.42 Å². The van der Waals surface area contributed by atoms with E-state index in [2.05, 4.69) is 5.32 Å². The Labute approximate surface area is 142 Å². The van der Waals surface area contributed by atoms with E-state index in [0.29, 0.717) is 22.8 Å². The summed E-state index contributed by atoms with van der Waals surface area (Å²) < 4.78 is 15.8. The molecule has 0 heterocycles. The third-order valence-corrected chi connectivity index (χ3v) is 3.69. The first-order valence-corrected chi connectivity index (χ1v) is 7.73.